The normalized spacial score (nSPS) is 16.9. The smallest absolute Gasteiger partial charge is 0.267 e. The van der Waals surface area contributed by atoms with E-state index in [2.05, 4.69) is 25.2 Å². The average Bonchev–Trinajstić information content (AvgIpc) is 3.31. The van der Waals surface area contributed by atoms with E-state index in [0.717, 1.165) is 58.6 Å². The number of pyridine rings is 2. The van der Waals surface area contributed by atoms with Gasteiger partial charge in [-0.2, -0.15) is 5.10 Å². The maximum absolute atomic E-state index is 13.1. The van der Waals surface area contributed by atoms with Crippen molar-refractivity contribution in [1.82, 2.24) is 25.1 Å². The van der Waals surface area contributed by atoms with Gasteiger partial charge >= 0.3 is 0 Å². The van der Waals surface area contributed by atoms with Gasteiger partial charge in [0.2, 0.25) is 5.88 Å². The van der Waals surface area contributed by atoms with Crippen LogP contribution in [0.2, 0.25) is 0 Å². The van der Waals surface area contributed by atoms with Gasteiger partial charge in [-0.1, -0.05) is 12.1 Å². The highest BCUT2D eigenvalue weighted by molar-refractivity contribution is 6.41. The minimum absolute atomic E-state index is 0.0326. The summed E-state index contributed by atoms with van der Waals surface area (Å²) in [6.45, 7) is 0.490. The van der Waals surface area contributed by atoms with Crippen LogP contribution in [0.1, 0.15) is 17.7 Å². The fourth-order valence-corrected chi connectivity index (χ4v) is 4.81. The molecule has 2 aliphatic rings. The van der Waals surface area contributed by atoms with E-state index in [-0.39, 0.29) is 11.9 Å². The molecule has 1 N–H and O–H groups in total. The van der Waals surface area contributed by atoms with Crippen molar-refractivity contribution < 1.29 is 9.53 Å². The molecule has 9 heteroatoms. The second-order valence-corrected chi connectivity index (χ2v) is 8.91. The van der Waals surface area contributed by atoms with Crippen LogP contribution in [0.4, 0.5) is 11.4 Å². The molecule has 1 aliphatic carbocycles. The Hall–Kier alpha value is -4.27. The zero-order valence-corrected chi connectivity index (χ0v) is 19.6. The molecule has 4 aromatic rings. The van der Waals surface area contributed by atoms with E-state index in [0.29, 0.717) is 18.1 Å². The lowest BCUT2D eigenvalue weighted by molar-refractivity contribution is -0.115. The summed E-state index contributed by atoms with van der Waals surface area (Å²) >= 11 is 0. The van der Waals surface area contributed by atoms with Gasteiger partial charge in [-0.05, 0) is 49.1 Å². The minimum Gasteiger partial charge on any atom is -0.481 e. The van der Waals surface area contributed by atoms with Gasteiger partial charge in [-0.15, -0.1) is 0 Å². The fraction of sp³-hybridized carbons (Fsp3) is 0.269. The van der Waals surface area contributed by atoms with Crippen molar-refractivity contribution in [2.45, 2.75) is 25.3 Å². The standard InChI is InChI=1S/C26H25N7O2/c1-32-15-21(29-19-5-3-4-6-22(19)32)26(34)28-17-7-8-18-16(13-17)14-33(31-18)23-11-12-27-20-9-10-24(35-2)30-25(20)23/h3-6,9-12,14,17H,7-8,13,15H2,1-2H3,(H,28,34). The summed E-state index contributed by atoms with van der Waals surface area (Å²) in [4.78, 5) is 28.7. The van der Waals surface area contributed by atoms with Gasteiger partial charge in [0, 0.05) is 31.5 Å². The number of carbonyl (C=O) groups is 1. The van der Waals surface area contributed by atoms with Crippen LogP contribution >= 0.6 is 0 Å². The van der Waals surface area contributed by atoms with Crippen LogP contribution in [0.15, 0.2) is 59.9 Å². The van der Waals surface area contributed by atoms with Crippen molar-refractivity contribution in [2.24, 2.45) is 4.99 Å². The summed E-state index contributed by atoms with van der Waals surface area (Å²) in [6.07, 6.45) is 6.14. The number of nitrogens with zero attached hydrogens (tertiary/aromatic N) is 6. The first-order chi connectivity index (χ1) is 17.1. The Balaban J connectivity index is 1.22. The maximum Gasteiger partial charge on any atom is 0.267 e. The fourth-order valence-electron chi connectivity index (χ4n) is 4.81. The molecule has 176 valence electrons. The predicted octanol–water partition coefficient (Wildman–Crippen LogP) is 3.02. The Bertz CT molecular complexity index is 1480. The first kappa shape index (κ1) is 21.3. The summed E-state index contributed by atoms with van der Waals surface area (Å²) in [7, 11) is 3.58. The predicted molar refractivity (Wildman–Crippen MR) is 134 cm³/mol. The lowest BCUT2D eigenvalue weighted by Crippen LogP contribution is -2.45. The minimum atomic E-state index is -0.108. The molecule has 0 fully saturated rings. The van der Waals surface area contributed by atoms with Gasteiger partial charge in [0.15, 0.2) is 0 Å². The number of anilines is 1. The third kappa shape index (κ3) is 3.88. The van der Waals surface area contributed by atoms with Crippen LogP contribution in [-0.4, -0.2) is 58.1 Å². The zero-order valence-electron chi connectivity index (χ0n) is 19.6. The molecule has 1 amide bonds. The van der Waals surface area contributed by atoms with Crippen molar-refractivity contribution in [1.29, 1.82) is 0 Å². The number of nitrogens with one attached hydrogen (secondary N) is 1. The van der Waals surface area contributed by atoms with Gasteiger partial charge in [-0.3, -0.25) is 9.78 Å². The van der Waals surface area contributed by atoms with Gasteiger partial charge in [0.05, 0.1) is 41.9 Å². The molecule has 6 rings (SSSR count). The lowest BCUT2D eigenvalue weighted by Gasteiger charge is -2.28. The van der Waals surface area contributed by atoms with Crippen molar-refractivity contribution in [3.8, 4) is 11.6 Å². The number of aromatic nitrogens is 4. The quantitative estimate of drug-likeness (QED) is 0.496. The van der Waals surface area contributed by atoms with E-state index in [1.165, 1.54) is 0 Å². The first-order valence-corrected chi connectivity index (χ1v) is 11.6. The third-order valence-corrected chi connectivity index (χ3v) is 6.60. The Morgan fingerprint density at radius 1 is 1.14 bits per heavy atom. The summed E-state index contributed by atoms with van der Waals surface area (Å²) in [5, 5.41) is 8.03. The number of benzene rings is 1. The van der Waals surface area contributed by atoms with Crippen LogP contribution in [0.5, 0.6) is 5.88 Å². The first-order valence-electron chi connectivity index (χ1n) is 11.6. The van der Waals surface area contributed by atoms with Crippen LogP contribution in [0.3, 0.4) is 0 Å². The Labute approximate surface area is 202 Å². The molecule has 35 heavy (non-hydrogen) atoms. The van der Waals surface area contributed by atoms with Crippen LogP contribution < -0.4 is 15.0 Å². The van der Waals surface area contributed by atoms with Gasteiger partial charge in [0.1, 0.15) is 11.2 Å². The molecule has 1 atom stereocenters. The molecule has 0 saturated carbocycles. The number of aliphatic imine (C=N–C) groups is 1. The number of carbonyl (C=O) groups excluding carboxylic acids is 1. The number of hydrogen-bond acceptors (Lipinski definition) is 7. The van der Waals surface area contributed by atoms with Crippen molar-refractivity contribution >= 4 is 34.0 Å². The Kier molecular flexibility index (Phi) is 5.17. The molecule has 1 aromatic carbocycles. The number of ether oxygens (including phenoxy) is 1. The van der Waals surface area contributed by atoms with E-state index >= 15 is 0 Å². The SMILES string of the molecule is COc1ccc2nccc(-n3cc4c(n3)CCC(NC(=O)C3=Nc5ccccc5N(C)C3)C4)c2n1. The van der Waals surface area contributed by atoms with Crippen molar-refractivity contribution in [2.75, 3.05) is 25.6 Å². The molecule has 0 spiro atoms. The van der Waals surface area contributed by atoms with Crippen LogP contribution in [0, 0.1) is 0 Å². The highest BCUT2D eigenvalue weighted by Crippen LogP contribution is 2.31. The van der Waals surface area contributed by atoms with E-state index < -0.39 is 0 Å². The molecule has 0 saturated heterocycles. The molecule has 3 aromatic heterocycles. The second-order valence-electron chi connectivity index (χ2n) is 8.91. The largest absolute Gasteiger partial charge is 0.481 e. The lowest BCUT2D eigenvalue weighted by atomic mass is 9.93. The number of amides is 1. The molecule has 1 aliphatic heterocycles. The number of methoxy groups -OCH3 is 1. The van der Waals surface area contributed by atoms with Crippen molar-refractivity contribution in [3.05, 3.63) is 66.1 Å². The molecular formula is C26H25N7O2. The number of fused-ring (bicyclic) bond motifs is 3. The van der Waals surface area contributed by atoms with E-state index in [9.17, 15) is 4.79 Å². The monoisotopic (exact) mass is 467 g/mol. The molecule has 0 bridgehead atoms. The summed E-state index contributed by atoms with van der Waals surface area (Å²) in [5.74, 6) is 0.425. The van der Waals surface area contributed by atoms with E-state index in [1.54, 1.807) is 19.4 Å². The van der Waals surface area contributed by atoms with E-state index in [1.807, 2.05) is 54.3 Å². The summed E-state index contributed by atoms with van der Waals surface area (Å²) in [5.41, 5.74) is 6.94. The number of hydrogen-bond donors (Lipinski definition) is 1. The number of rotatable bonds is 4. The maximum atomic E-state index is 13.1. The molecule has 4 heterocycles. The third-order valence-electron chi connectivity index (χ3n) is 6.60. The highest BCUT2D eigenvalue weighted by Gasteiger charge is 2.27. The topological polar surface area (TPSA) is 97.5 Å². The molecule has 0 radical (unpaired) electrons. The highest BCUT2D eigenvalue weighted by atomic mass is 16.5. The average molecular weight is 468 g/mol. The summed E-state index contributed by atoms with van der Waals surface area (Å²) in [6, 6.07) is 13.5. The van der Waals surface area contributed by atoms with Gasteiger partial charge in [-0.25, -0.2) is 14.7 Å². The van der Waals surface area contributed by atoms with Crippen LogP contribution in [-0.2, 0) is 17.6 Å². The Morgan fingerprint density at radius 2 is 2.03 bits per heavy atom. The molecular weight excluding hydrogens is 442 g/mol. The van der Waals surface area contributed by atoms with E-state index in [4.69, 9.17) is 9.84 Å². The Morgan fingerprint density at radius 3 is 2.91 bits per heavy atom. The molecule has 1 unspecified atom stereocenters. The van der Waals surface area contributed by atoms with Crippen molar-refractivity contribution in [3.63, 3.8) is 0 Å². The number of para-hydroxylation sites is 2. The van der Waals surface area contributed by atoms with Crippen LogP contribution in [0.25, 0.3) is 16.7 Å². The zero-order chi connectivity index (χ0) is 23.9. The summed E-state index contributed by atoms with van der Waals surface area (Å²) < 4.78 is 7.16. The van der Waals surface area contributed by atoms with Gasteiger partial charge in [0.25, 0.3) is 5.91 Å². The van der Waals surface area contributed by atoms with Gasteiger partial charge < -0.3 is 15.0 Å². The number of aryl methyl sites for hydroxylation is 1. The second kappa shape index (κ2) is 8.50. The molecule has 9 nitrogen and oxygen atoms in total.